The highest BCUT2D eigenvalue weighted by Crippen LogP contribution is 2.23. The highest BCUT2D eigenvalue weighted by atomic mass is 19.1. The van der Waals surface area contributed by atoms with Gasteiger partial charge in [-0.15, -0.1) is 0 Å². The number of nitrogens with two attached hydrogens (primary N) is 1. The van der Waals surface area contributed by atoms with Gasteiger partial charge in [0.2, 0.25) is 0 Å². The minimum atomic E-state index is -0.619. The number of pyridine rings is 1. The van der Waals surface area contributed by atoms with Crippen molar-refractivity contribution in [3.8, 4) is 11.3 Å². The molecule has 0 radical (unpaired) electrons. The molecule has 0 atom stereocenters. The monoisotopic (exact) mass is 216 g/mol. The van der Waals surface area contributed by atoms with Gasteiger partial charge in [-0.1, -0.05) is 12.1 Å². The summed E-state index contributed by atoms with van der Waals surface area (Å²) >= 11 is 0. The van der Waals surface area contributed by atoms with Gasteiger partial charge in [0.25, 0.3) is 5.91 Å². The predicted octanol–water partition coefficient (Wildman–Crippen LogP) is 1.99. The maximum Gasteiger partial charge on any atom is 0.250 e. The number of hydrogen-bond donors (Lipinski definition) is 1. The van der Waals surface area contributed by atoms with Crippen LogP contribution in [0.3, 0.4) is 0 Å². The molecular weight excluding hydrogens is 207 g/mol. The zero-order valence-corrected chi connectivity index (χ0v) is 8.35. The molecule has 1 aromatic heterocycles. The van der Waals surface area contributed by atoms with Crippen molar-refractivity contribution in [1.29, 1.82) is 0 Å². The number of rotatable bonds is 2. The summed E-state index contributed by atoms with van der Waals surface area (Å²) < 4.78 is 13.5. The Hall–Kier alpha value is -2.23. The average molecular weight is 216 g/mol. The Labute approximate surface area is 91.7 Å². The molecule has 0 aliphatic rings. The number of aromatic nitrogens is 1. The van der Waals surface area contributed by atoms with Gasteiger partial charge in [0.15, 0.2) is 0 Å². The van der Waals surface area contributed by atoms with Crippen molar-refractivity contribution in [2.24, 2.45) is 5.73 Å². The van der Waals surface area contributed by atoms with Crippen molar-refractivity contribution in [1.82, 2.24) is 4.98 Å². The Morgan fingerprint density at radius 1 is 1.19 bits per heavy atom. The van der Waals surface area contributed by atoms with Crippen LogP contribution in [0.15, 0.2) is 42.6 Å². The van der Waals surface area contributed by atoms with Crippen molar-refractivity contribution in [3.05, 3.63) is 54.0 Å². The molecule has 1 amide bonds. The molecule has 0 spiro atoms. The zero-order chi connectivity index (χ0) is 11.5. The van der Waals surface area contributed by atoms with Gasteiger partial charge < -0.3 is 5.73 Å². The van der Waals surface area contributed by atoms with Gasteiger partial charge in [-0.3, -0.25) is 9.78 Å². The number of nitrogens with zero attached hydrogens (tertiary/aromatic N) is 1. The fourth-order valence-corrected chi connectivity index (χ4v) is 1.47. The van der Waals surface area contributed by atoms with Crippen molar-refractivity contribution < 1.29 is 9.18 Å². The van der Waals surface area contributed by atoms with E-state index in [-0.39, 0.29) is 16.8 Å². The van der Waals surface area contributed by atoms with Gasteiger partial charge >= 0.3 is 0 Å². The van der Waals surface area contributed by atoms with Crippen LogP contribution in [0.2, 0.25) is 0 Å². The second-order valence-electron chi connectivity index (χ2n) is 3.24. The first-order chi connectivity index (χ1) is 7.70. The summed E-state index contributed by atoms with van der Waals surface area (Å²) in [6.07, 6.45) is 1.49. The predicted molar refractivity (Wildman–Crippen MR) is 58.1 cm³/mol. The number of hydrogen-bond acceptors (Lipinski definition) is 2. The van der Waals surface area contributed by atoms with Gasteiger partial charge in [-0.25, -0.2) is 4.39 Å². The lowest BCUT2D eigenvalue weighted by atomic mass is 10.1. The molecule has 4 heteroatoms. The third kappa shape index (κ3) is 1.77. The summed E-state index contributed by atoms with van der Waals surface area (Å²) in [5.41, 5.74) is 5.96. The number of benzene rings is 1. The van der Waals surface area contributed by atoms with Gasteiger partial charge in [0.1, 0.15) is 5.82 Å². The molecule has 0 fully saturated rings. The Balaban J connectivity index is 2.65. The first-order valence-corrected chi connectivity index (χ1v) is 4.70. The van der Waals surface area contributed by atoms with Crippen LogP contribution in [0.5, 0.6) is 0 Å². The average Bonchev–Trinajstić information content (AvgIpc) is 2.29. The third-order valence-electron chi connectivity index (χ3n) is 2.20. The fraction of sp³-hybridized carbons (Fsp3) is 0. The molecule has 80 valence electrons. The first-order valence-electron chi connectivity index (χ1n) is 4.70. The Kier molecular flexibility index (Phi) is 2.64. The maximum atomic E-state index is 13.5. The number of primary amides is 1. The summed E-state index contributed by atoms with van der Waals surface area (Å²) in [7, 11) is 0. The molecule has 2 N–H and O–H groups in total. The van der Waals surface area contributed by atoms with Crippen LogP contribution in [0.1, 0.15) is 10.4 Å². The molecule has 2 aromatic rings. The molecule has 1 heterocycles. The van der Waals surface area contributed by atoms with Crippen molar-refractivity contribution in [2.75, 3.05) is 0 Å². The lowest BCUT2D eigenvalue weighted by Crippen LogP contribution is -2.13. The molecule has 16 heavy (non-hydrogen) atoms. The fourth-order valence-electron chi connectivity index (χ4n) is 1.47. The minimum Gasteiger partial charge on any atom is -0.366 e. The highest BCUT2D eigenvalue weighted by molar-refractivity contribution is 5.98. The summed E-state index contributed by atoms with van der Waals surface area (Å²) in [6, 6.07) is 9.24. The minimum absolute atomic E-state index is 0.215. The molecule has 3 nitrogen and oxygen atoms in total. The van der Waals surface area contributed by atoms with Crippen LogP contribution in [0, 0.1) is 5.82 Å². The largest absolute Gasteiger partial charge is 0.366 e. The molecule has 0 aliphatic carbocycles. The van der Waals surface area contributed by atoms with Crippen molar-refractivity contribution >= 4 is 5.91 Å². The van der Waals surface area contributed by atoms with E-state index in [2.05, 4.69) is 4.98 Å². The van der Waals surface area contributed by atoms with E-state index in [1.165, 1.54) is 18.3 Å². The Morgan fingerprint density at radius 3 is 2.62 bits per heavy atom. The van der Waals surface area contributed by atoms with Crippen molar-refractivity contribution in [3.63, 3.8) is 0 Å². The van der Waals surface area contributed by atoms with E-state index < -0.39 is 11.7 Å². The van der Waals surface area contributed by atoms with E-state index in [1.807, 2.05) is 0 Å². The standard InChI is InChI=1S/C12H9FN2O/c13-10-6-2-1-4-8(10)11-9(12(14)16)5-3-7-15-11/h1-7H,(H2,14,16). The Morgan fingerprint density at radius 2 is 1.94 bits per heavy atom. The summed E-state index contributed by atoms with van der Waals surface area (Å²) in [5.74, 6) is -1.05. The van der Waals surface area contributed by atoms with E-state index in [0.29, 0.717) is 0 Å². The summed E-state index contributed by atoms with van der Waals surface area (Å²) in [6.45, 7) is 0. The second kappa shape index (κ2) is 4.10. The number of amides is 1. The zero-order valence-electron chi connectivity index (χ0n) is 8.35. The van der Waals surface area contributed by atoms with E-state index in [0.717, 1.165) is 0 Å². The van der Waals surface area contributed by atoms with Gasteiger partial charge in [-0.05, 0) is 24.3 Å². The third-order valence-corrected chi connectivity index (χ3v) is 2.20. The van der Waals surface area contributed by atoms with E-state index >= 15 is 0 Å². The molecule has 2 rings (SSSR count). The van der Waals surface area contributed by atoms with E-state index in [1.54, 1.807) is 24.3 Å². The summed E-state index contributed by atoms with van der Waals surface area (Å²) in [4.78, 5) is 15.2. The smallest absolute Gasteiger partial charge is 0.250 e. The SMILES string of the molecule is NC(=O)c1cccnc1-c1ccccc1F. The van der Waals surface area contributed by atoms with Gasteiger partial charge in [-0.2, -0.15) is 0 Å². The van der Waals surface area contributed by atoms with Crippen LogP contribution < -0.4 is 5.73 Å². The topological polar surface area (TPSA) is 56.0 Å². The lowest BCUT2D eigenvalue weighted by Gasteiger charge is -2.05. The van der Waals surface area contributed by atoms with Crippen molar-refractivity contribution in [2.45, 2.75) is 0 Å². The number of halogens is 1. The van der Waals surface area contributed by atoms with Crippen LogP contribution in [0.4, 0.5) is 4.39 Å². The molecule has 0 unspecified atom stereocenters. The van der Waals surface area contributed by atoms with Crippen LogP contribution in [-0.4, -0.2) is 10.9 Å². The number of carbonyl (C=O) groups is 1. The normalized spacial score (nSPS) is 10.1. The molecule has 1 aromatic carbocycles. The molecule has 0 saturated heterocycles. The molecular formula is C12H9FN2O. The van der Waals surface area contributed by atoms with Crippen LogP contribution in [-0.2, 0) is 0 Å². The maximum absolute atomic E-state index is 13.5. The molecule has 0 bridgehead atoms. The lowest BCUT2D eigenvalue weighted by molar-refractivity contribution is 0.100. The second-order valence-corrected chi connectivity index (χ2v) is 3.24. The van der Waals surface area contributed by atoms with Crippen LogP contribution in [0.25, 0.3) is 11.3 Å². The number of carbonyl (C=O) groups excluding carboxylic acids is 1. The summed E-state index contributed by atoms with van der Waals surface area (Å²) in [5, 5.41) is 0. The quantitative estimate of drug-likeness (QED) is 0.834. The highest BCUT2D eigenvalue weighted by Gasteiger charge is 2.13. The molecule has 0 aliphatic heterocycles. The Bertz CT molecular complexity index is 540. The molecule has 0 saturated carbocycles. The van der Waals surface area contributed by atoms with Gasteiger partial charge in [0, 0.05) is 11.8 Å². The van der Waals surface area contributed by atoms with E-state index in [4.69, 9.17) is 5.73 Å². The van der Waals surface area contributed by atoms with E-state index in [9.17, 15) is 9.18 Å². The first kappa shape index (κ1) is 10.3. The van der Waals surface area contributed by atoms with Crippen LogP contribution >= 0.6 is 0 Å². The van der Waals surface area contributed by atoms with Gasteiger partial charge in [0.05, 0.1) is 11.3 Å².